The number of nitrogens with zero attached hydrogens (tertiary/aromatic N) is 3. The first-order valence-corrected chi connectivity index (χ1v) is 5.84. The molecule has 0 N–H and O–H groups in total. The van der Waals surface area contributed by atoms with E-state index in [1.807, 2.05) is 38.2 Å². The molecule has 0 heterocycles. The van der Waals surface area contributed by atoms with Crippen LogP contribution in [0, 0.1) is 10.1 Å². The third kappa shape index (κ3) is 3.38. The van der Waals surface area contributed by atoms with E-state index in [1.54, 1.807) is 12.2 Å². The number of nitro groups is 1. The number of allylic oxidation sites excluding steroid dienone is 2. The topological polar surface area (TPSA) is 49.6 Å². The Balaban J connectivity index is 2.62. The van der Waals surface area contributed by atoms with Gasteiger partial charge in [-0.1, -0.05) is 18.2 Å². The fourth-order valence-corrected chi connectivity index (χ4v) is 1.97. The van der Waals surface area contributed by atoms with E-state index in [4.69, 9.17) is 0 Å². The lowest BCUT2D eigenvalue weighted by molar-refractivity contribution is -0.584. The van der Waals surface area contributed by atoms with Crippen molar-refractivity contribution in [3.63, 3.8) is 0 Å². The first kappa shape index (κ1) is 13.9. The van der Waals surface area contributed by atoms with Gasteiger partial charge in [-0.3, -0.25) is 10.1 Å². The third-order valence-electron chi connectivity index (χ3n) is 3.10. The van der Waals surface area contributed by atoms with Gasteiger partial charge in [-0.25, -0.2) is 4.90 Å². The highest BCUT2D eigenvalue weighted by atomic mass is 16.6. The Morgan fingerprint density at radius 1 is 1.29 bits per heavy atom. The molecule has 1 atom stereocenters. The summed E-state index contributed by atoms with van der Waals surface area (Å²) in [6, 6.07) is 0. The SMILES string of the molecule is CN(C)CCCN(C)C1([N+](=O)[O-])C=CC=CC1. The molecule has 1 rings (SSSR count). The summed E-state index contributed by atoms with van der Waals surface area (Å²) in [5, 5.41) is 11.3. The zero-order chi connectivity index (χ0) is 12.9. The van der Waals surface area contributed by atoms with Crippen LogP contribution in [0.25, 0.3) is 0 Å². The zero-order valence-corrected chi connectivity index (χ0v) is 10.8. The number of rotatable bonds is 6. The lowest BCUT2D eigenvalue weighted by Crippen LogP contribution is -2.52. The second kappa shape index (κ2) is 5.93. The van der Waals surface area contributed by atoms with Gasteiger partial charge >= 0.3 is 0 Å². The van der Waals surface area contributed by atoms with Crippen LogP contribution in [0.3, 0.4) is 0 Å². The molecule has 0 bridgehead atoms. The Bertz CT molecular complexity index is 326. The molecule has 96 valence electrons. The van der Waals surface area contributed by atoms with Gasteiger partial charge in [0.2, 0.25) is 0 Å². The van der Waals surface area contributed by atoms with E-state index < -0.39 is 5.66 Å². The summed E-state index contributed by atoms with van der Waals surface area (Å²) in [6.07, 6.45) is 8.52. The number of hydrogen-bond donors (Lipinski definition) is 0. The number of likely N-dealkylation sites (N-methyl/N-ethyl adjacent to an activating group) is 1. The molecule has 0 fully saturated rings. The predicted octanol–water partition coefficient (Wildman–Crippen LogP) is 1.36. The molecule has 0 saturated carbocycles. The molecule has 0 aromatic heterocycles. The molecule has 17 heavy (non-hydrogen) atoms. The van der Waals surface area contributed by atoms with Gasteiger partial charge in [-0.2, -0.15) is 0 Å². The minimum absolute atomic E-state index is 0.192. The van der Waals surface area contributed by atoms with Crippen LogP contribution in [0.4, 0.5) is 0 Å². The highest BCUT2D eigenvalue weighted by Gasteiger charge is 2.43. The predicted molar refractivity (Wildman–Crippen MR) is 68.4 cm³/mol. The molecular formula is C12H21N3O2. The van der Waals surface area contributed by atoms with E-state index in [-0.39, 0.29) is 4.92 Å². The maximum absolute atomic E-state index is 11.3. The van der Waals surface area contributed by atoms with Gasteiger partial charge in [0.25, 0.3) is 5.66 Å². The summed E-state index contributed by atoms with van der Waals surface area (Å²) in [5.74, 6) is 0. The van der Waals surface area contributed by atoms with Crippen molar-refractivity contribution in [2.75, 3.05) is 34.2 Å². The lowest BCUT2D eigenvalue weighted by atomic mass is 10.00. The van der Waals surface area contributed by atoms with Crippen LogP contribution in [0.2, 0.25) is 0 Å². The Hall–Kier alpha value is -1.20. The van der Waals surface area contributed by atoms with Crippen molar-refractivity contribution in [3.05, 3.63) is 34.4 Å². The van der Waals surface area contributed by atoms with Crippen molar-refractivity contribution in [3.8, 4) is 0 Å². The molecule has 5 heteroatoms. The Morgan fingerprint density at radius 3 is 2.47 bits per heavy atom. The average Bonchev–Trinajstić information content (AvgIpc) is 2.29. The summed E-state index contributed by atoms with van der Waals surface area (Å²) in [5.41, 5.74) is -1.05. The molecule has 0 aromatic carbocycles. The summed E-state index contributed by atoms with van der Waals surface area (Å²) >= 11 is 0. The minimum atomic E-state index is -1.05. The van der Waals surface area contributed by atoms with Crippen LogP contribution in [0.5, 0.6) is 0 Å². The highest BCUT2D eigenvalue weighted by Crippen LogP contribution is 2.25. The monoisotopic (exact) mass is 239 g/mol. The quantitative estimate of drug-likeness (QED) is 0.399. The molecule has 0 spiro atoms. The molecule has 5 nitrogen and oxygen atoms in total. The van der Waals surface area contributed by atoms with Crippen molar-refractivity contribution < 1.29 is 4.92 Å². The summed E-state index contributed by atoms with van der Waals surface area (Å²) in [6.45, 7) is 1.66. The molecular weight excluding hydrogens is 218 g/mol. The fourth-order valence-electron chi connectivity index (χ4n) is 1.97. The van der Waals surface area contributed by atoms with E-state index in [0.29, 0.717) is 6.42 Å². The first-order chi connectivity index (χ1) is 7.99. The van der Waals surface area contributed by atoms with E-state index in [1.165, 1.54) is 0 Å². The van der Waals surface area contributed by atoms with Crippen LogP contribution >= 0.6 is 0 Å². The maximum Gasteiger partial charge on any atom is 0.299 e. The number of hydrogen-bond acceptors (Lipinski definition) is 4. The molecule has 0 amide bonds. The van der Waals surface area contributed by atoms with Crippen LogP contribution in [0.15, 0.2) is 24.3 Å². The normalized spacial score (nSPS) is 23.6. The second-order valence-electron chi connectivity index (χ2n) is 4.71. The second-order valence-corrected chi connectivity index (χ2v) is 4.71. The van der Waals surface area contributed by atoms with Crippen molar-refractivity contribution >= 4 is 0 Å². The maximum atomic E-state index is 11.3. The van der Waals surface area contributed by atoms with E-state index in [2.05, 4.69) is 4.90 Å². The molecule has 0 saturated heterocycles. The van der Waals surface area contributed by atoms with Crippen LogP contribution in [-0.4, -0.2) is 54.6 Å². The molecule has 1 aliphatic carbocycles. The standard InChI is InChI=1S/C12H21N3O2/c1-13(2)10-7-11-14(3)12(15(16)17)8-5-4-6-9-12/h4-6,8H,7,9-11H2,1-3H3. The fraction of sp³-hybridized carbons (Fsp3) is 0.667. The highest BCUT2D eigenvalue weighted by molar-refractivity contribution is 5.17. The molecule has 0 radical (unpaired) electrons. The third-order valence-corrected chi connectivity index (χ3v) is 3.10. The Morgan fingerprint density at radius 2 is 2.00 bits per heavy atom. The van der Waals surface area contributed by atoms with Crippen molar-refractivity contribution in [1.29, 1.82) is 0 Å². The van der Waals surface area contributed by atoms with E-state index in [0.717, 1.165) is 19.5 Å². The Kier molecular flexibility index (Phi) is 4.84. The Labute approximate surface area is 103 Å². The van der Waals surface area contributed by atoms with Gasteiger partial charge in [0, 0.05) is 17.5 Å². The first-order valence-electron chi connectivity index (χ1n) is 5.84. The smallest absolute Gasteiger partial charge is 0.299 e. The summed E-state index contributed by atoms with van der Waals surface area (Å²) in [4.78, 5) is 15.0. The van der Waals surface area contributed by atoms with Crippen LogP contribution in [-0.2, 0) is 0 Å². The van der Waals surface area contributed by atoms with Gasteiger partial charge in [-0.15, -0.1) is 0 Å². The molecule has 1 aliphatic rings. The van der Waals surface area contributed by atoms with Gasteiger partial charge in [0.05, 0.1) is 6.42 Å². The van der Waals surface area contributed by atoms with E-state index >= 15 is 0 Å². The van der Waals surface area contributed by atoms with Gasteiger partial charge in [0.1, 0.15) is 0 Å². The lowest BCUT2D eigenvalue weighted by Gasteiger charge is -2.32. The van der Waals surface area contributed by atoms with Crippen molar-refractivity contribution in [1.82, 2.24) is 9.80 Å². The van der Waals surface area contributed by atoms with Crippen LogP contribution < -0.4 is 0 Å². The van der Waals surface area contributed by atoms with Crippen molar-refractivity contribution in [2.45, 2.75) is 18.5 Å². The average molecular weight is 239 g/mol. The van der Waals surface area contributed by atoms with Crippen LogP contribution in [0.1, 0.15) is 12.8 Å². The molecule has 0 aromatic rings. The molecule has 0 aliphatic heterocycles. The minimum Gasteiger partial charge on any atom is -0.309 e. The van der Waals surface area contributed by atoms with Gasteiger partial charge < -0.3 is 4.90 Å². The zero-order valence-electron chi connectivity index (χ0n) is 10.8. The summed E-state index contributed by atoms with van der Waals surface area (Å²) < 4.78 is 0. The summed E-state index contributed by atoms with van der Waals surface area (Å²) in [7, 11) is 5.83. The van der Waals surface area contributed by atoms with Gasteiger partial charge in [-0.05, 0) is 34.1 Å². The van der Waals surface area contributed by atoms with Crippen molar-refractivity contribution in [2.24, 2.45) is 0 Å². The largest absolute Gasteiger partial charge is 0.309 e. The molecule has 1 unspecified atom stereocenters. The van der Waals surface area contributed by atoms with E-state index in [9.17, 15) is 10.1 Å². The van der Waals surface area contributed by atoms with Gasteiger partial charge in [0.15, 0.2) is 0 Å².